The lowest BCUT2D eigenvalue weighted by Gasteiger charge is -2.33. The number of amides is 1. The van der Waals surface area contributed by atoms with Crippen molar-refractivity contribution in [1.29, 1.82) is 0 Å². The first-order chi connectivity index (χ1) is 13.0. The number of nitrogens with zero attached hydrogens (tertiary/aromatic N) is 1. The Hall–Kier alpha value is -2.49. The van der Waals surface area contributed by atoms with E-state index in [-0.39, 0.29) is 5.91 Å². The predicted molar refractivity (Wildman–Crippen MR) is 107 cm³/mol. The van der Waals surface area contributed by atoms with Gasteiger partial charge in [0.05, 0.1) is 7.11 Å². The third-order valence-electron chi connectivity index (χ3n) is 5.29. The zero-order chi connectivity index (χ0) is 19.2. The summed E-state index contributed by atoms with van der Waals surface area (Å²) in [4.78, 5) is 14.6. The number of rotatable bonds is 6. The molecule has 1 heterocycles. The molecule has 144 valence electrons. The zero-order valence-electron chi connectivity index (χ0n) is 16.5. The van der Waals surface area contributed by atoms with Crippen LogP contribution in [0.15, 0.2) is 48.5 Å². The van der Waals surface area contributed by atoms with E-state index in [4.69, 9.17) is 9.47 Å². The third-order valence-corrected chi connectivity index (χ3v) is 5.29. The number of ether oxygens (including phenoxy) is 2. The Bertz CT molecular complexity index is 731. The summed E-state index contributed by atoms with van der Waals surface area (Å²) in [7, 11) is 1.69. The third kappa shape index (κ3) is 5.25. The van der Waals surface area contributed by atoms with Crippen molar-refractivity contribution < 1.29 is 14.3 Å². The van der Waals surface area contributed by atoms with Gasteiger partial charge in [0, 0.05) is 13.1 Å². The van der Waals surface area contributed by atoms with Gasteiger partial charge < -0.3 is 14.4 Å². The van der Waals surface area contributed by atoms with Gasteiger partial charge in [-0.1, -0.05) is 29.8 Å². The molecule has 1 unspecified atom stereocenters. The Balaban J connectivity index is 1.47. The minimum atomic E-state index is -0.453. The number of benzene rings is 2. The molecule has 1 atom stereocenters. The van der Waals surface area contributed by atoms with Crippen molar-refractivity contribution in [1.82, 2.24) is 4.90 Å². The fourth-order valence-electron chi connectivity index (χ4n) is 3.58. The molecule has 0 bridgehead atoms. The molecule has 3 rings (SSSR count). The molecule has 4 nitrogen and oxygen atoms in total. The second-order valence-electron chi connectivity index (χ2n) is 7.39. The van der Waals surface area contributed by atoms with Gasteiger partial charge in [-0.25, -0.2) is 0 Å². The van der Waals surface area contributed by atoms with Crippen LogP contribution in [-0.4, -0.2) is 37.1 Å². The molecule has 0 aliphatic carbocycles. The summed E-state index contributed by atoms with van der Waals surface area (Å²) >= 11 is 0. The van der Waals surface area contributed by atoms with Crippen LogP contribution in [0.2, 0.25) is 0 Å². The van der Waals surface area contributed by atoms with Gasteiger partial charge in [-0.3, -0.25) is 4.79 Å². The van der Waals surface area contributed by atoms with Crippen LogP contribution in [0.4, 0.5) is 0 Å². The molecule has 1 aliphatic rings. The maximum absolute atomic E-state index is 12.7. The van der Waals surface area contributed by atoms with Crippen LogP contribution in [-0.2, 0) is 11.2 Å². The molecule has 1 amide bonds. The van der Waals surface area contributed by atoms with Crippen molar-refractivity contribution in [3.63, 3.8) is 0 Å². The number of piperidine rings is 1. The number of aryl methyl sites for hydroxylation is 1. The Labute approximate surface area is 162 Å². The Morgan fingerprint density at radius 1 is 1.04 bits per heavy atom. The normalized spacial score (nSPS) is 16.0. The van der Waals surface area contributed by atoms with E-state index < -0.39 is 6.10 Å². The van der Waals surface area contributed by atoms with Crippen LogP contribution in [0, 0.1) is 12.8 Å². The maximum atomic E-state index is 12.7. The molecule has 2 aromatic rings. The Kier molecular flexibility index (Phi) is 6.38. The van der Waals surface area contributed by atoms with Crippen molar-refractivity contribution >= 4 is 5.91 Å². The first kappa shape index (κ1) is 19.3. The molecule has 2 aromatic carbocycles. The summed E-state index contributed by atoms with van der Waals surface area (Å²) in [5.74, 6) is 2.34. The van der Waals surface area contributed by atoms with Gasteiger partial charge in [-0.15, -0.1) is 0 Å². The highest BCUT2D eigenvalue weighted by Gasteiger charge is 2.27. The van der Waals surface area contributed by atoms with Crippen LogP contribution >= 0.6 is 0 Å². The van der Waals surface area contributed by atoms with Crippen molar-refractivity contribution in [2.24, 2.45) is 5.92 Å². The summed E-state index contributed by atoms with van der Waals surface area (Å²) in [6, 6.07) is 16.1. The van der Waals surface area contributed by atoms with Gasteiger partial charge in [0.15, 0.2) is 6.10 Å². The lowest BCUT2D eigenvalue weighted by molar-refractivity contribution is -0.139. The van der Waals surface area contributed by atoms with E-state index in [1.807, 2.05) is 55.1 Å². The fraction of sp³-hybridized carbons (Fsp3) is 0.435. The molecule has 1 fully saturated rings. The second-order valence-corrected chi connectivity index (χ2v) is 7.39. The summed E-state index contributed by atoms with van der Waals surface area (Å²) < 4.78 is 11.0. The first-order valence-corrected chi connectivity index (χ1v) is 9.70. The predicted octanol–water partition coefficient (Wildman–Crippen LogP) is 4.25. The number of hydrogen-bond donors (Lipinski definition) is 0. The van der Waals surface area contributed by atoms with Crippen molar-refractivity contribution in [2.75, 3.05) is 20.2 Å². The van der Waals surface area contributed by atoms with E-state index in [2.05, 4.69) is 12.1 Å². The molecule has 1 aliphatic heterocycles. The first-order valence-electron chi connectivity index (χ1n) is 9.70. The van der Waals surface area contributed by atoms with Gasteiger partial charge in [0.25, 0.3) is 5.91 Å². The highest BCUT2D eigenvalue weighted by molar-refractivity contribution is 5.81. The fourth-order valence-corrected chi connectivity index (χ4v) is 3.58. The van der Waals surface area contributed by atoms with E-state index in [1.54, 1.807) is 7.11 Å². The van der Waals surface area contributed by atoms with E-state index >= 15 is 0 Å². The Morgan fingerprint density at radius 2 is 1.63 bits per heavy atom. The second kappa shape index (κ2) is 8.94. The van der Waals surface area contributed by atoms with Crippen molar-refractivity contribution in [3.8, 4) is 11.5 Å². The molecule has 0 aromatic heterocycles. The van der Waals surface area contributed by atoms with Gasteiger partial charge in [0.2, 0.25) is 0 Å². The zero-order valence-corrected chi connectivity index (χ0v) is 16.5. The van der Waals surface area contributed by atoms with Crippen LogP contribution in [0.3, 0.4) is 0 Å². The Morgan fingerprint density at radius 3 is 2.22 bits per heavy atom. The highest BCUT2D eigenvalue weighted by atomic mass is 16.5. The van der Waals surface area contributed by atoms with Crippen LogP contribution in [0.25, 0.3) is 0 Å². The highest BCUT2D eigenvalue weighted by Crippen LogP contribution is 2.24. The van der Waals surface area contributed by atoms with Gasteiger partial charge >= 0.3 is 0 Å². The number of likely N-dealkylation sites (tertiary alicyclic amines) is 1. The van der Waals surface area contributed by atoms with E-state index in [9.17, 15) is 4.79 Å². The SMILES string of the molecule is COc1ccc(CC2CCN(C(=O)C(C)Oc3ccc(C)cc3)CC2)cc1. The van der Waals surface area contributed by atoms with E-state index in [1.165, 1.54) is 11.1 Å². The van der Waals surface area contributed by atoms with Gasteiger partial charge in [-0.05, 0) is 68.9 Å². The standard InChI is InChI=1S/C23H29NO3/c1-17-4-8-22(9-5-17)27-18(2)23(25)24-14-12-20(13-15-24)16-19-6-10-21(26-3)11-7-19/h4-11,18,20H,12-16H2,1-3H3. The summed E-state index contributed by atoms with van der Waals surface area (Å²) in [5.41, 5.74) is 2.51. The maximum Gasteiger partial charge on any atom is 0.263 e. The summed E-state index contributed by atoms with van der Waals surface area (Å²) in [6.45, 7) is 5.49. The molecule has 27 heavy (non-hydrogen) atoms. The van der Waals surface area contributed by atoms with Gasteiger partial charge in [-0.2, -0.15) is 0 Å². The lowest BCUT2D eigenvalue weighted by atomic mass is 9.90. The quantitative estimate of drug-likeness (QED) is 0.766. The van der Waals surface area contributed by atoms with E-state index in [0.29, 0.717) is 5.92 Å². The van der Waals surface area contributed by atoms with Crippen molar-refractivity contribution in [3.05, 3.63) is 59.7 Å². The number of hydrogen-bond acceptors (Lipinski definition) is 3. The average Bonchev–Trinajstić information content (AvgIpc) is 2.70. The lowest BCUT2D eigenvalue weighted by Crippen LogP contribution is -2.45. The topological polar surface area (TPSA) is 38.8 Å². The number of carbonyl (C=O) groups is 1. The molecule has 0 N–H and O–H groups in total. The molecule has 1 saturated heterocycles. The van der Waals surface area contributed by atoms with Gasteiger partial charge in [0.1, 0.15) is 11.5 Å². The van der Waals surface area contributed by atoms with Crippen LogP contribution < -0.4 is 9.47 Å². The molecular formula is C23H29NO3. The molecule has 0 radical (unpaired) electrons. The largest absolute Gasteiger partial charge is 0.497 e. The summed E-state index contributed by atoms with van der Waals surface area (Å²) in [5, 5.41) is 0. The molecular weight excluding hydrogens is 338 g/mol. The minimum absolute atomic E-state index is 0.0819. The monoisotopic (exact) mass is 367 g/mol. The molecule has 0 spiro atoms. The number of methoxy groups -OCH3 is 1. The summed E-state index contributed by atoms with van der Waals surface area (Å²) in [6.07, 6.45) is 2.68. The van der Waals surface area contributed by atoms with Crippen LogP contribution in [0.5, 0.6) is 11.5 Å². The number of carbonyl (C=O) groups excluding carboxylic acids is 1. The van der Waals surface area contributed by atoms with Crippen molar-refractivity contribution in [2.45, 2.75) is 39.2 Å². The van der Waals surface area contributed by atoms with Crippen LogP contribution in [0.1, 0.15) is 30.9 Å². The smallest absolute Gasteiger partial charge is 0.263 e. The minimum Gasteiger partial charge on any atom is -0.497 e. The average molecular weight is 367 g/mol. The molecule has 4 heteroatoms. The van der Waals surface area contributed by atoms with E-state index in [0.717, 1.165) is 43.9 Å². The molecule has 0 saturated carbocycles.